The Balaban J connectivity index is 1.85. The van der Waals surface area contributed by atoms with E-state index in [-0.39, 0.29) is 0 Å². The molecule has 1 aromatic carbocycles. The fraction of sp³-hybridized carbons (Fsp3) is 0.125. The Morgan fingerprint density at radius 1 is 1.14 bits per heavy atom. The Labute approximate surface area is 137 Å². The molecule has 4 nitrogen and oxygen atoms in total. The fourth-order valence-electron chi connectivity index (χ4n) is 2.13. The molecule has 6 heteroatoms. The highest BCUT2D eigenvalue weighted by Gasteiger charge is 2.04. The molecule has 0 spiro atoms. The van der Waals surface area contributed by atoms with E-state index in [1.807, 2.05) is 48.5 Å². The number of hydrogen-bond donors (Lipinski definition) is 1. The molecular weight excluding hydrogens is 316 g/mol. The highest BCUT2D eigenvalue weighted by Crippen LogP contribution is 2.19. The number of nitrogens with two attached hydrogens (primary N) is 1. The predicted octanol–water partition coefficient (Wildman–Crippen LogP) is 3.00. The van der Waals surface area contributed by atoms with Gasteiger partial charge in [0.25, 0.3) is 0 Å². The van der Waals surface area contributed by atoms with E-state index >= 15 is 0 Å². The van der Waals surface area contributed by atoms with E-state index in [0.717, 1.165) is 21.6 Å². The molecule has 0 bridgehead atoms. The van der Waals surface area contributed by atoms with Crippen LogP contribution in [0.15, 0.2) is 59.7 Å². The summed E-state index contributed by atoms with van der Waals surface area (Å²) in [6, 6.07) is 16.0. The number of hydrogen-bond acceptors (Lipinski definition) is 4. The first-order chi connectivity index (χ1) is 10.7. The van der Waals surface area contributed by atoms with Crippen LogP contribution in [0.4, 0.5) is 0 Å². The molecule has 22 heavy (non-hydrogen) atoms. The summed E-state index contributed by atoms with van der Waals surface area (Å²) >= 11 is 7.33. The topological polar surface area (TPSA) is 56.2 Å². The molecule has 0 fully saturated rings. The van der Waals surface area contributed by atoms with E-state index < -0.39 is 0 Å². The van der Waals surface area contributed by atoms with Gasteiger partial charge in [0.1, 0.15) is 5.49 Å². The van der Waals surface area contributed by atoms with Gasteiger partial charge < -0.3 is 5.84 Å². The lowest BCUT2D eigenvalue weighted by Gasteiger charge is -2.08. The van der Waals surface area contributed by atoms with Crippen molar-refractivity contribution in [1.82, 2.24) is 9.66 Å². The quantitative estimate of drug-likeness (QED) is 0.748. The molecule has 0 saturated carbocycles. The zero-order valence-corrected chi connectivity index (χ0v) is 13.4. The van der Waals surface area contributed by atoms with Crippen LogP contribution in [0.5, 0.6) is 0 Å². The summed E-state index contributed by atoms with van der Waals surface area (Å²) in [5.74, 6) is 6.18. The van der Waals surface area contributed by atoms with E-state index in [9.17, 15) is 0 Å². The molecule has 2 N–H and O–H groups in total. The van der Waals surface area contributed by atoms with Crippen LogP contribution >= 0.6 is 22.9 Å². The third kappa shape index (κ3) is 3.55. The number of benzene rings is 1. The second-order valence-electron chi connectivity index (χ2n) is 4.80. The van der Waals surface area contributed by atoms with Crippen molar-refractivity contribution in [3.63, 3.8) is 0 Å². The van der Waals surface area contributed by atoms with Crippen LogP contribution in [0.2, 0.25) is 4.47 Å². The van der Waals surface area contributed by atoms with Crippen molar-refractivity contribution in [1.29, 1.82) is 0 Å². The summed E-state index contributed by atoms with van der Waals surface area (Å²) in [7, 11) is 0. The molecule has 0 amide bonds. The molecule has 3 rings (SSSR count). The Morgan fingerprint density at radius 3 is 2.68 bits per heavy atom. The summed E-state index contributed by atoms with van der Waals surface area (Å²) in [5, 5.41) is 0. The highest BCUT2D eigenvalue weighted by atomic mass is 35.5. The molecule has 112 valence electrons. The van der Waals surface area contributed by atoms with Crippen molar-refractivity contribution < 1.29 is 0 Å². The lowest BCUT2D eigenvalue weighted by Crippen LogP contribution is -2.30. The fourth-order valence-corrected chi connectivity index (χ4v) is 3.12. The second-order valence-corrected chi connectivity index (χ2v) is 6.50. The normalized spacial score (nSPS) is 11.8. The van der Waals surface area contributed by atoms with Gasteiger partial charge in [-0.2, -0.15) is 0 Å². The van der Waals surface area contributed by atoms with Gasteiger partial charge in [-0.1, -0.05) is 48.0 Å². The summed E-state index contributed by atoms with van der Waals surface area (Å²) < 4.78 is 2.17. The molecule has 0 unspecified atom stereocenters. The number of aromatic nitrogens is 2. The summed E-state index contributed by atoms with van der Waals surface area (Å²) in [5.41, 5.74) is 2.87. The molecule has 0 atom stereocenters. The van der Waals surface area contributed by atoms with Crippen LogP contribution in [0, 0.1) is 0 Å². The minimum atomic E-state index is 0.545. The van der Waals surface area contributed by atoms with Gasteiger partial charge in [0.05, 0.1) is 6.54 Å². The maximum absolute atomic E-state index is 6.18. The SMILES string of the molecule is Nn1c(Cc2cnc(Cl)s2)cccc1=NCc1ccccc1. The zero-order valence-electron chi connectivity index (χ0n) is 11.8. The molecule has 2 aromatic heterocycles. The summed E-state index contributed by atoms with van der Waals surface area (Å²) in [4.78, 5) is 9.71. The van der Waals surface area contributed by atoms with E-state index in [0.29, 0.717) is 17.4 Å². The lowest BCUT2D eigenvalue weighted by molar-refractivity contribution is 0.803. The predicted molar refractivity (Wildman–Crippen MR) is 90.2 cm³/mol. The van der Waals surface area contributed by atoms with Gasteiger partial charge in [-0.15, -0.1) is 11.3 Å². The molecular formula is C16H15ClN4S. The van der Waals surface area contributed by atoms with Crippen LogP contribution in [-0.4, -0.2) is 9.66 Å². The Bertz CT molecular complexity index is 823. The van der Waals surface area contributed by atoms with Gasteiger partial charge in [0.2, 0.25) is 0 Å². The number of nitrogens with zero attached hydrogens (tertiary/aromatic N) is 3. The number of halogens is 1. The highest BCUT2D eigenvalue weighted by molar-refractivity contribution is 7.15. The molecule has 0 radical (unpaired) electrons. The number of pyridine rings is 1. The monoisotopic (exact) mass is 330 g/mol. The number of nitrogen functional groups attached to an aromatic ring is 1. The first-order valence-electron chi connectivity index (χ1n) is 6.83. The van der Waals surface area contributed by atoms with Gasteiger partial charge in [0.15, 0.2) is 4.47 Å². The zero-order chi connectivity index (χ0) is 15.4. The van der Waals surface area contributed by atoms with E-state index in [2.05, 4.69) is 9.98 Å². The Kier molecular flexibility index (Phi) is 4.56. The van der Waals surface area contributed by atoms with Crippen molar-refractivity contribution >= 4 is 22.9 Å². The van der Waals surface area contributed by atoms with Crippen LogP contribution in [0.1, 0.15) is 16.1 Å². The number of thiazole rings is 1. The van der Waals surface area contributed by atoms with Gasteiger partial charge >= 0.3 is 0 Å². The van der Waals surface area contributed by atoms with Crippen LogP contribution in [-0.2, 0) is 13.0 Å². The molecule has 0 saturated heterocycles. The van der Waals surface area contributed by atoms with Gasteiger partial charge in [-0.3, -0.25) is 4.99 Å². The van der Waals surface area contributed by atoms with Gasteiger partial charge in [-0.25, -0.2) is 9.66 Å². The second kappa shape index (κ2) is 6.77. The van der Waals surface area contributed by atoms with Crippen LogP contribution in [0.25, 0.3) is 0 Å². The van der Waals surface area contributed by atoms with E-state index in [4.69, 9.17) is 17.4 Å². The van der Waals surface area contributed by atoms with Crippen LogP contribution in [0.3, 0.4) is 0 Å². The van der Waals surface area contributed by atoms with Crippen molar-refractivity contribution in [2.24, 2.45) is 4.99 Å². The lowest BCUT2D eigenvalue weighted by atomic mass is 10.2. The van der Waals surface area contributed by atoms with Gasteiger partial charge in [0, 0.05) is 23.2 Å². The van der Waals surface area contributed by atoms with Crippen molar-refractivity contribution in [2.75, 3.05) is 5.84 Å². The Hall–Kier alpha value is -2.11. The van der Waals surface area contributed by atoms with Crippen LogP contribution < -0.4 is 11.3 Å². The number of rotatable bonds is 4. The van der Waals surface area contributed by atoms with E-state index in [1.165, 1.54) is 11.3 Å². The molecule has 2 heterocycles. The standard InChI is InChI=1S/C16H15ClN4S/c17-16-20-11-14(22-16)9-13-7-4-8-15(21(13)18)19-10-12-5-2-1-3-6-12/h1-8,11H,9-10,18H2. The summed E-state index contributed by atoms with van der Waals surface area (Å²) in [6.07, 6.45) is 2.47. The maximum Gasteiger partial charge on any atom is 0.183 e. The third-order valence-corrected chi connectivity index (χ3v) is 4.35. The van der Waals surface area contributed by atoms with Crippen molar-refractivity contribution in [3.05, 3.63) is 80.8 Å². The van der Waals surface area contributed by atoms with E-state index in [1.54, 1.807) is 10.9 Å². The Morgan fingerprint density at radius 2 is 1.95 bits per heavy atom. The largest absolute Gasteiger partial charge is 0.338 e. The first-order valence-corrected chi connectivity index (χ1v) is 8.02. The first kappa shape index (κ1) is 14.8. The average Bonchev–Trinajstić information content (AvgIpc) is 2.94. The molecule has 0 aliphatic rings. The minimum Gasteiger partial charge on any atom is -0.338 e. The average molecular weight is 331 g/mol. The molecule has 0 aliphatic carbocycles. The van der Waals surface area contributed by atoms with Crippen molar-refractivity contribution in [3.8, 4) is 0 Å². The summed E-state index contributed by atoms with van der Waals surface area (Å²) in [6.45, 7) is 0.605. The van der Waals surface area contributed by atoms with Crippen molar-refractivity contribution in [2.45, 2.75) is 13.0 Å². The molecule has 0 aliphatic heterocycles. The maximum atomic E-state index is 6.18. The molecule has 3 aromatic rings. The smallest absolute Gasteiger partial charge is 0.183 e. The minimum absolute atomic E-state index is 0.545. The van der Waals surface area contributed by atoms with Gasteiger partial charge in [-0.05, 0) is 17.7 Å². The third-order valence-electron chi connectivity index (χ3n) is 3.24.